The topological polar surface area (TPSA) is 119 Å². The van der Waals surface area contributed by atoms with Crippen LogP contribution in [0.4, 0.5) is 10.1 Å². The van der Waals surface area contributed by atoms with Crippen molar-refractivity contribution in [1.29, 1.82) is 0 Å². The van der Waals surface area contributed by atoms with Crippen molar-refractivity contribution in [3.8, 4) is 0 Å². The molecule has 1 aliphatic rings. The summed E-state index contributed by atoms with van der Waals surface area (Å²) in [4.78, 5) is 20.5. The third-order valence-electron chi connectivity index (χ3n) is 5.39. The maximum absolute atomic E-state index is 14.3. The largest absolute Gasteiger partial charge is 0.379 e. The Balaban J connectivity index is 1.48. The molecule has 1 amide bonds. The number of carbonyl (C=O) groups excluding carboxylic acids is 1. The van der Waals surface area contributed by atoms with Gasteiger partial charge in [-0.05, 0) is 44.0 Å². The summed E-state index contributed by atoms with van der Waals surface area (Å²) in [6.07, 6.45) is 1.96. The number of carbonyl (C=O) groups is 1. The second kappa shape index (κ2) is 8.88. The van der Waals surface area contributed by atoms with Crippen molar-refractivity contribution in [3.05, 3.63) is 47.3 Å². The highest BCUT2D eigenvalue weighted by molar-refractivity contribution is 7.89. The first-order valence-electron chi connectivity index (χ1n) is 10.1. The van der Waals surface area contributed by atoms with E-state index in [0.29, 0.717) is 12.2 Å². The maximum atomic E-state index is 14.3. The number of ether oxygens (including phenoxy) is 1. The van der Waals surface area contributed by atoms with Gasteiger partial charge in [0.1, 0.15) is 17.0 Å². The lowest BCUT2D eigenvalue weighted by molar-refractivity contribution is -0.116. The lowest BCUT2D eigenvalue weighted by atomic mass is 10.1. The van der Waals surface area contributed by atoms with E-state index in [1.165, 1.54) is 16.7 Å². The van der Waals surface area contributed by atoms with Gasteiger partial charge in [-0.15, -0.1) is 0 Å². The van der Waals surface area contributed by atoms with Crippen molar-refractivity contribution in [1.82, 2.24) is 23.9 Å². The Morgan fingerprint density at radius 2 is 2.00 bits per heavy atom. The Morgan fingerprint density at radius 1 is 1.25 bits per heavy atom. The molecule has 1 aliphatic heterocycles. The molecule has 10 nitrogen and oxygen atoms in total. The van der Waals surface area contributed by atoms with Gasteiger partial charge in [0, 0.05) is 36.6 Å². The van der Waals surface area contributed by atoms with E-state index < -0.39 is 20.7 Å². The van der Waals surface area contributed by atoms with Gasteiger partial charge in [0.25, 0.3) is 5.78 Å². The normalized spacial score (nSPS) is 15.2. The average Bonchev–Trinajstić information content (AvgIpc) is 3.24. The summed E-state index contributed by atoms with van der Waals surface area (Å²) in [7, 11) is -4.03. The second-order valence-electron chi connectivity index (χ2n) is 7.44. The van der Waals surface area contributed by atoms with Gasteiger partial charge >= 0.3 is 0 Å². The third kappa shape index (κ3) is 4.33. The van der Waals surface area contributed by atoms with Crippen LogP contribution in [0.3, 0.4) is 0 Å². The van der Waals surface area contributed by atoms with Gasteiger partial charge in [-0.3, -0.25) is 4.79 Å². The van der Waals surface area contributed by atoms with Gasteiger partial charge in [-0.2, -0.15) is 14.4 Å². The summed E-state index contributed by atoms with van der Waals surface area (Å²) < 4.78 is 47.9. The number of aromatic nitrogens is 4. The second-order valence-corrected chi connectivity index (χ2v) is 9.35. The van der Waals surface area contributed by atoms with E-state index in [1.807, 2.05) is 13.8 Å². The molecule has 0 unspecified atom stereocenters. The molecule has 1 aromatic carbocycles. The molecule has 0 atom stereocenters. The molecule has 1 fully saturated rings. The van der Waals surface area contributed by atoms with Crippen LogP contribution in [-0.4, -0.2) is 64.5 Å². The zero-order valence-corrected chi connectivity index (χ0v) is 18.5. The Morgan fingerprint density at radius 3 is 2.75 bits per heavy atom. The predicted molar refractivity (Wildman–Crippen MR) is 113 cm³/mol. The number of halogens is 1. The first kappa shape index (κ1) is 22.2. The fourth-order valence-electron chi connectivity index (χ4n) is 3.68. The molecule has 4 rings (SSSR count). The van der Waals surface area contributed by atoms with Gasteiger partial charge in [0.15, 0.2) is 0 Å². The lowest BCUT2D eigenvalue weighted by Gasteiger charge is -2.26. The smallest absolute Gasteiger partial charge is 0.252 e. The van der Waals surface area contributed by atoms with Crippen LogP contribution in [0.1, 0.15) is 23.4 Å². The molecule has 3 heterocycles. The molecule has 0 saturated carbocycles. The summed E-state index contributed by atoms with van der Waals surface area (Å²) in [5, 5.41) is 6.79. The Bertz CT molecular complexity index is 1270. The van der Waals surface area contributed by atoms with Crippen LogP contribution in [-0.2, 0) is 26.0 Å². The molecule has 0 aliphatic carbocycles. The minimum Gasteiger partial charge on any atom is -0.379 e. The molecule has 0 bridgehead atoms. The van der Waals surface area contributed by atoms with E-state index in [2.05, 4.69) is 20.4 Å². The molecule has 170 valence electrons. The van der Waals surface area contributed by atoms with Crippen LogP contribution >= 0.6 is 0 Å². The van der Waals surface area contributed by atoms with E-state index in [0.717, 1.165) is 29.1 Å². The van der Waals surface area contributed by atoms with Gasteiger partial charge in [-0.1, -0.05) is 0 Å². The van der Waals surface area contributed by atoms with Gasteiger partial charge < -0.3 is 10.1 Å². The van der Waals surface area contributed by atoms with E-state index >= 15 is 0 Å². The predicted octanol–water partition coefficient (Wildman–Crippen LogP) is 1.47. The quantitative estimate of drug-likeness (QED) is 0.589. The standard InChI is InChI=1S/C20H23FN6O4S/c1-13-16(14(2)27-20(24-13)22-12-23-27)4-6-19(28)25-15-3-5-17(21)18(11-15)32(29,30)26-7-9-31-10-8-26/h3,5,11-12H,4,6-10H2,1-2H3,(H,25,28). The van der Waals surface area contributed by atoms with Crippen molar-refractivity contribution in [2.45, 2.75) is 31.6 Å². The number of hydrogen-bond donors (Lipinski definition) is 1. The summed E-state index contributed by atoms with van der Waals surface area (Å²) in [6.45, 7) is 4.54. The highest BCUT2D eigenvalue weighted by Crippen LogP contribution is 2.24. The molecular formula is C20H23FN6O4S. The number of amides is 1. The van der Waals surface area contributed by atoms with Crippen LogP contribution in [0.15, 0.2) is 29.4 Å². The number of nitrogens with zero attached hydrogens (tertiary/aromatic N) is 5. The number of fused-ring (bicyclic) bond motifs is 1. The molecule has 0 radical (unpaired) electrons. The van der Waals surface area contributed by atoms with Crippen molar-refractivity contribution in [2.75, 3.05) is 31.6 Å². The number of aryl methyl sites for hydroxylation is 2. The minimum absolute atomic E-state index is 0.131. The number of benzene rings is 1. The minimum atomic E-state index is -4.03. The van der Waals surface area contributed by atoms with Crippen molar-refractivity contribution in [2.24, 2.45) is 0 Å². The first-order valence-corrected chi connectivity index (χ1v) is 11.5. The van der Waals surface area contributed by atoms with E-state index in [9.17, 15) is 17.6 Å². The molecule has 2 aromatic heterocycles. The third-order valence-corrected chi connectivity index (χ3v) is 7.31. The summed E-state index contributed by atoms with van der Waals surface area (Å²) >= 11 is 0. The van der Waals surface area contributed by atoms with E-state index in [1.54, 1.807) is 4.52 Å². The van der Waals surface area contributed by atoms with Crippen LogP contribution in [0, 0.1) is 19.7 Å². The zero-order valence-electron chi connectivity index (χ0n) is 17.7. The lowest BCUT2D eigenvalue weighted by Crippen LogP contribution is -2.40. The van der Waals surface area contributed by atoms with Crippen molar-refractivity contribution in [3.63, 3.8) is 0 Å². The van der Waals surface area contributed by atoms with Gasteiger partial charge in [0.05, 0.1) is 13.2 Å². The number of sulfonamides is 1. The maximum Gasteiger partial charge on any atom is 0.252 e. The summed E-state index contributed by atoms with van der Waals surface area (Å²) in [5.41, 5.74) is 2.70. The number of anilines is 1. The first-order chi connectivity index (χ1) is 15.3. The van der Waals surface area contributed by atoms with Crippen molar-refractivity contribution >= 4 is 27.4 Å². The molecule has 1 saturated heterocycles. The van der Waals surface area contributed by atoms with Crippen LogP contribution < -0.4 is 5.32 Å². The number of rotatable bonds is 6. The van der Waals surface area contributed by atoms with Crippen LogP contribution in [0.25, 0.3) is 5.78 Å². The fourth-order valence-corrected chi connectivity index (χ4v) is 5.18. The highest BCUT2D eigenvalue weighted by Gasteiger charge is 2.29. The van der Waals surface area contributed by atoms with Crippen LogP contribution in [0.2, 0.25) is 0 Å². The fraction of sp³-hybridized carbons (Fsp3) is 0.400. The molecule has 12 heteroatoms. The number of morpholine rings is 1. The molecule has 1 N–H and O–H groups in total. The SMILES string of the molecule is Cc1nc2ncnn2c(C)c1CCC(=O)Nc1ccc(F)c(S(=O)(=O)N2CCOCC2)c1. The van der Waals surface area contributed by atoms with Crippen LogP contribution in [0.5, 0.6) is 0 Å². The van der Waals surface area contributed by atoms with E-state index in [4.69, 9.17) is 4.74 Å². The van der Waals surface area contributed by atoms with Crippen molar-refractivity contribution < 1.29 is 22.3 Å². The molecule has 0 spiro atoms. The molecule has 3 aromatic rings. The monoisotopic (exact) mass is 462 g/mol. The zero-order chi connectivity index (χ0) is 22.9. The van der Waals surface area contributed by atoms with Gasteiger partial charge in [-0.25, -0.2) is 22.3 Å². The Labute approximate surface area is 184 Å². The van der Waals surface area contributed by atoms with Gasteiger partial charge in [0.2, 0.25) is 15.9 Å². The Hall–Kier alpha value is -2.96. The summed E-state index contributed by atoms with van der Waals surface area (Å²) in [5.74, 6) is -0.703. The molecular weight excluding hydrogens is 439 g/mol. The Kier molecular flexibility index (Phi) is 6.17. The average molecular weight is 463 g/mol. The number of nitrogens with one attached hydrogen (secondary N) is 1. The highest BCUT2D eigenvalue weighted by atomic mass is 32.2. The number of hydrogen-bond acceptors (Lipinski definition) is 7. The molecule has 32 heavy (non-hydrogen) atoms. The summed E-state index contributed by atoms with van der Waals surface area (Å²) in [6, 6.07) is 3.53. The van der Waals surface area contributed by atoms with E-state index in [-0.39, 0.29) is 44.3 Å².